The first kappa shape index (κ1) is 14.4. The van der Waals surface area contributed by atoms with Crippen LogP contribution in [0.1, 0.15) is 24.5 Å². The molecular weight excluding hydrogens is 268 g/mol. The maximum Gasteiger partial charge on any atom is 0.260 e. The normalized spacial score (nSPS) is 22.8. The van der Waals surface area contributed by atoms with Gasteiger partial charge in [-0.1, -0.05) is 6.07 Å². The fourth-order valence-electron chi connectivity index (χ4n) is 3.28. The van der Waals surface area contributed by atoms with Crippen molar-refractivity contribution < 1.29 is 14.6 Å². The number of amides is 1. The van der Waals surface area contributed by atoms with Crippen molar-refractivity contribution in [3.63, 3.8) is 0 Å². The maximum atomic E-state index is 11.8. The van der Waals surface area contributed by atoms with Crippen molar-refractivity contribution in [3.05, 3.63) is 23.8 Å². The van der Waals surface area contributed by atoms with Gasteiger partial charge in [-0.15, -0.1) is 0 Å². The molecule has 114 valence electrons. The molecule has 3 rings (SSSR count). The van der Waals surface area contributed by atoms with Gasteiger partial charge in [0, 0.05) is 45.1 Å². The van der Waals surface area contributed by atoms with E-state index in [1.165, 1.54) is 0 Å². The van der Waals surface area contributed by atoms with E-state index < -0.39 is 6.10 Å². The lowest BCUT2D eigenvalue weighted by Gasteiger charge is -2.33. The van der Waals surface area contributed by atoms with Crippen LogP contribution in [0.3, 0.4) is 0 Å². The van der Waals surface area contributed by atoms with Gasteiger partial charge in [-0.25, -0.2) is 0 Å². The van der Waals surface area contributed by atoms with Crippen LogP contribution < -0.4 is 9.80 Å². The Bertz CT molecular complexity index is 538. The zero-order valence-corrected chi connectivity index (χ0v) is 12.6. The van der Waals surface area contributed by atoms with Crippen molar-refractivity contribution in [3.8, 4) is 0 Å². The molecule has 0 radical (unpaired) electrons. The molecule has 2 aliphatic heterocycles. The van der Waals surface area contributed by atoms with Crippen molar-refractivity contribution in [2.45, 2.75) is 18.9 Å². The Hall–Kier alpha value is -1.59. The zero-order valence-electron chi connectivity index (χ0n) is 12.6. The minimum absolute atomic E-state index is 0.249. The Morgan fingerprint density at radius 1 is 1.33 bits per heavy atom. The molecule has 5 nitrogen and oxygen atoms in total. The molecule has 1 unspecified atom stereocenters. The molecule has 5 heteroatoms. The highest BCUT2D eigenvalue weighted by Gasteiger charge is 2.34. The molecule has 1 N–H and O–H groups in total. The number of hydrogen-bond acceptors (Lipinski definition) is 4. The highest BCUT2D eigenvalue weighted by atomic mass is 16.5. The second-order valence-corrected chi connectivity index (χ2v) is 5.93. The van der Waals surface area contributed by atoms with Crippen LogP contribution in [0.4, 0.5) is 11.4 Å². The molecule has 1 aromatic carbocycles. The van der Waals surface area contributed by atoms with Crippen LogP contribution in [0.5, 0.6) is 0 Å². The first-order valence-electron chi connectivity index (χ1n) is 7.45. The molecule has 1 atom stereocenters. The molecule has 1 aromatic rings. The Labute approximate surface area is 125 Å². The van der Waals surface area contributed by atoms with Gasteiger partial charge in [0.05, 0.1) is 5.69 Å². The lowest BCUT2D eigenvalue weighted by Crippen LogP contribution is -2.35. The van der Waals surface area contributed by atoms with E-state index in [9.17, 15) is 9.90 Å². The van der Waals surface area contributed by atoms with Crippen molar-refractivity contribution in [2.75, 3.05) is 43.7 Å². The second kappa shape index (κ2) is 5.66. The van der Waals surface area contributed by atoms with E-state index in [1.54, 1.807) is 19.1 Å². The number of hydrogen-bond donors (Lipinski definition) is 1. The molecule has 0 aromatic heterocycles. The van der Waals surface area contributed by atoms with E-state index in [0.29, 0.717) is 11.5 Å². The molecule has 0 bridgehead atoms. The predicted molar refractivity (Wildman–Crippen MR) is 81.6 cm³/mol. The number of benzene rings is 1. The highest BCUT2D eigenvalue weighted by Crippen LogP contribution is 2.38. The van der Waals surface area contributed by atoms with E-state index in [-0.39, 0.29) is 5.91 Å². The van der Waals surface area contributed by atoms with Gasteiger partial charge in [0.25, 0.3) is 5.91 Å². The van der Waals surface area contributed by atoms with Crippen molar-refractivity contribution in [1.29, 1.82) is 0 Å². The third-order valence-corrected chi connectivity index (χ3v) is 4.62. The van der Waals surface area contributed by atoms with Crippen LogP contribution in [0.15, 0.2) is 18.2 Å². The summed E-state index contributed by atoms with van der Waals surface area (Å²) in [6.07, 6.45) is 1.25. The SMILES string of the molecule is COCC1CCN(c2ccc3c(c2)N(C)C(=O)C3O)CC1. The summed E-state index contributed by atoms with van der Waals surface area (Å²) in [4.78, 5) is 15.7. The number of likely N-dealkylation sites (N-methyl/N-ethyl adjacent to an activating group) is 1. The first-order chi connectivity index (χ1) is 10.1. The quantitative estimate of drug-likeness (QED) is 0.918. The Morgan fingerprint density at radius 2 is 2.05 bits per heavy atom. The van der Waals surface area contributed by atoms with Crippen LogP contribution >= 0.6 is 0 Å². The van der Waals surface area contributed by atoms with Gasteiger partial charge in [0.1, 0.15) is 0 Å². The van der Waals surface area contributed by atoms with Gasteiger partial charge in [-0.2, -0.15) is 0 Å². The van der Waals surface area contributed by atoms with Crippen LogP contribution in [0, 0.1) is 5.92 Å². The molecule has 0 aliphatic carbocycles. The molecule has 21 heavy (non-hydrogen) atoms. The fraction of sp³-hybridized carbons (Fsp3) is 0.562. The summed E-state index contributed by atoms with van der Waals surface area (Å²) in [6, 6.07) is 5.89. The van der Waals surface area contributed by atoms with Crippen molar-refractivity contribution in [2.24, 2.45) is 5.92 Å². The monoisotopic (exact) mass is 290 g/mol. The summed E-state index contributed by atoms with van der Waals surface area (Å²) < 4.78 is 5.23. The molecule has 1 fully saturated rings. The van der Waals surface area contributed by atoms with E-state index in [4.69, 9.17) is 4.74 Å². The van der Waals surface area contributed by atoms with Crippen LogP contribution in [0.2, 0.25) is 0 Å². The van der Waals surface area contributed by atoms with Gasteiger partial charge in [-0.3, -0.25) is 4.79 Å². The molecule has 1 amide bonds. The summed E-state index contributed by atoms with van der Waals surface area (Å²) in [5.41, 5.74) is 2.66. The Morgan fingerprint density at radius 3 is 2.71 bits per heavy atom. The Balaban J connectivity index is 1.76. The van der Waals surface area contributed by atoms with E-state index in [1.807, 2.05) is 18.2 Å². The van der Waals surface area contributed by atoms with Crippen LogP contribution in [0.25, 0.3) is 0 Å². The second-order valence-electron chi connectivity index (χ2n) is 5.93. The van der Waals surface area contributed by atoms with Crippen LogP contribution in [-0.2, 0) is 9.53 Å². The first-order valence-corrected chi connectivity index (χ1v) is 7.45. The number of carbonyl (C=O) groups is 1. The smallest absolute Gasteiger partial charge is 0.260 e. The van der Waals surface area contributed by atoms with Gasteiger partial charge in [0.15, 0.2) is 6.10 Å². The Kier molecular flexibility index (Phi) is 3.87. The van der Waals surface area contributed by atoms with Gasteiger partial charge >= 0.3 is 0 Å². The minimum Gasteiger partial charge on any atom is -0.384 e. The van der Waals surface area contributed by atoms with E-state index in [0.717, 1.165) is 43.9 Å². The average Bonchev–Trinajstić information content (AvgIpc) is 2.73. The fourth-order valence-corrected chi connectivity index (χ4v) is 3.28. The number of methoxy groups -OCH3 is 1. The molecule has 2 aliphatic rings. The summed E-state index contributed by atoms with van der Waals surface area (Å²) in [5.74, 6) is 0.396. The molecule has 0 spiro atoms. The maximum absolute atomic E-state index is 11.8. The van der Waals surface area contributed by atoms with E-state index >= 15 is 0 Å². The molecule has 1 saturated heterocycles. The summed E-state index contributed by atoms with van der Waals surface area (Å²) in [6.45, 7) is 2.85. The number of aliphatic hydroxyl groups excluding tert-OH is 1. The highest BCUT2D eigenvalue weighted by molar-refractivity contribution is 6.03. The van der Waals surface area contributed by atoms with Crippen molar-refractivity contribution >= 4 is 17.3 Å². The predicted octanol–water partition coefficient (Wildman–Crippen LogP) is 1.56. The number of aliphatic hydroxyl groups is 1. The molecule has 2 heterocycles. The standard InChI is InChI=1S/C16H22N2O3/c1-17-14-9-12(3-4-13(14)15(19)16(17)20)18-7-5-11(6-8-18)10-21-2/h3-4,9,11,15,19H,5-8,10H2,1-2H3. The average molecular weight is 290 g/mol. The van der Waals surface area contributed by atoms with Gasteiger partial charge < -0.3 is 19.6 Å². The van der Waals surface area contributed by atoms with E-state index in [2.05, 4.69) is 4.90 Å². The van der Waals surface area contributed by atoms with Gasteiger partial charge in [0.2, 0.25) is 0 Å². The number of carbonyl (C=O) groups excluding carboxylic acids is 1. The number of piperidine rings is 1. The lowest BCUT2D eigenvalue weighted by molar-refractivity contribution is -0.125. The van der Waals surface area contributed by atoms with Crippen molar-refractivity contribution in [1.82, 2.24) is 0 Å². The largest absolute Gasteiger partial charge is 0.384 e. The number of fused-ring (bicyclic) bond motifs is 1. The topological polar surface area (TPSA) is 53.0 Å². The summed E-state index contributed by atoms with van der Waals surface area (Å²) in [7, 11) is 3.47. The number of nitrogens with zero attached hydrogens (tertiary/aromatic N) is 2. The molecule has 0 saturated carbocycles. The van der Waals surface area contributed by atoms with Crippen LogP contribution in [-0.4, -0.2) is 44.9 Å². The molecular formula is C16H22N2O3. The number of anilines is 2. The zero-order chi connectivity index (χ0) is 15.0. The summed E-state index contributed by atoms with van der Waals surface area (Å²) >= 11 is 0. The van der Waals surface area contributed by atoms with Gasteiger partial charge in [-0.05, 0) is 30.9 Å². The number of ether oxygens (including phenoxy) is 1. The number of rotatable bonds is 3. The minimum atomic E-state index is -1.01. The third kappa shape index (κ3) is 2.51. The third-order valence-electron chi connectivity index (χ3n) is 4.62. The lowest BCUT2D eigenvalue weighted by atomic mass is 9.97. The summed E-state index contributed by atoms with van der Waals surface area (Å²) in [5, 5.41) is 9.90.